The molecule has 2 rings (SSSR count). The van der Waals surface area contributed by atoms with Crippen LogP contribution in [0.2, 0.25) is 0 Å². The van der Waals surface area contributed by atoms with Gasteiger partial charge in [0.1, 0.15) is 5.82 Å². The zero-order valence-corrected chi connectivity index (χ0v) is 11.8. The van der Waals surface area contributed by atoms with Crippen LogP contribution in [0.25, 0.3) is 0 Å². The molecule has 0 heterocycles. The van der Waals surface area contributed by atoms with Crippen LogP contribution >= 0.6 is 0 Å². The molecule has 0 aliphatic heterocycles. The molecule has 2 aromatic carbocycles. The number of hydrogen-bond donors (Lipinski definition) is 2. The fourth-order valence-corrected chi connectivity index (χ4v) is 1.97. The molecular weight excluding hydrogens is 314 g/mol. The van der Waals surface area contributed by atoms with Gasteiger partial charge in [0.05, 0.1) is 11.7 Å². The van der Waals surface area contributed by atoms with E-state index in [0.29, 0.717) is 11.6 Å². The van der Waals surface area contributed by atoms with Crippen LogP contribution in [-0.4, -0.2) is 17.6 Å². The molecule has 0 fully saturated rings. The molecule has 122 valence electrons. The lowest BCUT2D eigenvalue weighted by Crippen LogP contribution is -2.27. The number of carbonyl (C=O) groups excluding carboxylic acids is 1. The summed E-state index contributed by atoms with van der Waals surface area (Å²) in [4.78, 5) is 11.7. The van der Waals surface area contributed by atoms with Crippen molar-refractivity contribution in [2.45, 2.75) is 12.5 Å². The first-order chi connectivity index (χ1) is 10.9. The van der Waals surface area contributed by atoms with Gasteiger partial charge in [-0.05, 0) is 36.2 Å². The molecule has 1 atom stereocenters. The van der Waals surface area contributed by atoms with Crippen molar-refractivity contribution in [2.75, 3.05) is 6.54 Å². The van der Waals surface area contributed by atoms with Gasteiger partial charge < -0.3 is 10.4 Å². The molecule has 0 bridgehead atoms. The Hall–Kier alpha value is -2.41. The number of benzene rings is 2. The molecule has 2 aromatic rings. The highest BCUT2D eigenvalue weighted by Gasteiger charge is 2.18. The van der Waals surface area contributed by atoms with Gasteiger partial charge in [-0.25, -0.2) is 17.6 Å². The maximum Gasteiger partial charge on any atom is 0.254 e. The van der Waals surface area contributed by atoms with Crippen molar-refractivity contribution in [3.05, 3.63) is 70.8 Å². The first kappa shape index (κ1) is 17.0. The Labute approximate surface area is 129 Å². The van der Waals surface area contributed by atoms with Gasteiger partial charge in [-0.1, -0.05) is 12.1 Å². The van der Waals surface area contributed by atoms with Crippen molar-refractivity contribution < 1.29 is 27.5 Å². The average molecular weight is 327 g/mol. The molecule has 0 saturated heterocycles. The third kappa shape index (κ3) is 4.07. The normalized spacial score (nSPS) is 12.0. The second kappa shape index (κ2) is 7.23. The van der Waals surface area contributed by atoms with Crippen molar-refractivity contribution in [2.24, 2.45) is 0 Å². The molecule has 0 aromatic heterocycles. The highest BCUT2D eigenvalue weighted by atomic mass is 19.2. The summed E-state index contributed by atoms with van der Waals surface area (Å²) < 4.78 is 52.0. The zero-order chi connectivity index (χ0) is 17.0. The van der Waals surface area contributed by atoms with Crippen molar-refractivity contribution in [1.82, 2.24) is 5.32 Å². The second-order valence-corrected chi connectivity index (χ2v) is 4.83. The minimum atomic E-state index is -1.72. The SMILES string of the molecule is O=C(NCCC(O)c1ccc(F)cc1)c1ccc(F)c(F)c1F. The Morgan fingerprint density at radius 3 is 2.30 bits per heavy atom. The van der Waals surface area contributed by atoms with Crippen molar-refractivity contribution >= 4 is 5.91 Å². The quantitative estimate of drug-likeness (QED) is 0.655. The first-order valence-corrected chi connectivity index (χ1v) is 6.75. The predicted molar refractivity (Wildman–Crippen MR) is 74.6 cm³/mol. The number of amides is 1. The Bertz CT molecular complexity index is 704. The molecule has 0 aliphatic carbocycles. The molecule has 1 amide bonds. The fraction of sp³-hybridized carbons (Fsp3) is 0.188. The number of rotatable bonds is 5. The summed E-state index contributed by atoms with van der Waals surface area (Å²) in [6.45, 7) is -0.0319. The Morgan fingerprint density at radius 2 is 1.65 bits per heavy atom. The average Bonchev–Trinajstić information content (AvgIpc) is 2.53. The summed E-state index contributed by atoms with van der Waals surface area (Å²) in [7, 11) is 0. The third-order valence-electron chi connectivity index (χ3n) is 3.24. The summed E-state index contributed by atoms with van der Waals surface area (Å²) in [5.74, 6) is -6.04. The molecule has 3 nitrogen and oxygen atoms in total. The molecule has 7 heteroatoms. The van der Waals surface area contributed by atoms with Crippen LogP contribution < -0.4 is 5.32 Å². The molecular formula is C16H13F4NO2. The van der Waals surface area contributed by atoms with E-state index in [9.17, 15) is 27.5 Å². The van der Waals surface area contributed by atoms with Crippen LogP contribution in [0.15, 0.2) is 36.4 Å². The number of nitrogens with one attached hydrogen (secondary N) is 1. The predicted octanol–water partition coefficient (Wildman–Crippen LogP) is 3.10. The van der Waals surface area contributed by atoms with Crippen LogP contribution in [0.1, 0.15) is 28.4 Å². The lowest BCUT2D eigenvalue weighted by molar-refractivity contribution is 0.0937. The van der Waals surface area contributed by atoms with Gasteiger partial charge in [-0.2, -0.15) is 0 Å². The minimum Gasteiger partial charge on any atom is -0.388 e. The Balaban J connectivity index is 1.92. The van der Waals surface area contributed by atoms with Crippen LogP contribution in [0.3, 0.4) is 0 Å². The van der Waals surface area contributed by atoms with E-state index in [4.69, 9.17) is 0 Å². The van der Waals surface area contributed by atoms with E-state index < -0.39 is 40.8 Å². The van der Waals surface area contributed by atoms with E-state index in [1.165, 1.54) is 24.3 Å². The van der Waals surface area contributed by atoms with E-state index in [2.05, 4.69) is 5.32 Å². The monoisotopic (exact) mass is 327 g/mol. The third-order valence-corrected chi connectivity index (χ3v) is 3.24. The molecule has 2 N–H and O–H groups in total. The number of aliphatic hydroxyl groups excluding tert-OH is 1. The van der Waals surface area contributed by atoms with E-state index >= 15 is 0 Å². The second-order valence-electron chi connectivity index (χ2n) is 4.83. The molecule has 23 heavy (non-hydrogen) atoms. The summed E-state index contributed by atoms with van der Waals surface area (Å²) in [6.07, 6.45) is -0.867. The van der Waals surface area contributed by atoms with Gasteiger partial charge in [0.2, 0.25) is 0 Å². The van der Waals surface area contributed by atoms with Crippen LogP contribution in [-0.2, 0) is 0 Å². The number of hydrogen-bond acceptors (Lipinski definition) is 2. The van der Waals surface area contributed by atoms with Crippen LogP contribution in [0.5, 0.6) is 0 Å². The summed E-state index contributed by atoms with van der Waals surface area (Å²) in [5.41, 5.74) is -0.167. The van der Waals surface area contributed by atoms with Gasteiger partial charge in [-0.3, -0.25) is 4.79 Å². The molecule has 1 unspecified atom stereocenters. The zero-order valence-electron chi connectivity index (χ0n) is 11.8. The molecule has 0 radical (unpaired) electrons. The maximum absolute atomic E-state index is 13.4. The Kier molecular flexibility index (Phi) is 5.33. The number of carbonyl (C=O) groups is 1. The van der Waals surface area contributed by atoms with Gasteiger partial charge in [0, 0.05) is 6.54 Å². The van der Waals surface area contributed by atoms with Crippen molar-refractivity contribution in [1.29, 1.82) is 0 Å². The fourth-order valence-electron chi connectivity index (χ4n) is 1.97. The van der Waals surface area contributed by atoms with E-state index in [1.54, 1.807) is 0 Å². The lowest BCUT2D eigenvalue weighted by Gasteiger charge is -2.12. The van der Waals surface area contributed by atoms with Crippen molar-refractivity contribution in [3.8, 4) is 0 Å². The van der Waals surface area contributed by atoms with Gasteiger partial charge in [0.15, 0.2) is 17.5 Å². The highest BCUT2D eigenvalue weighted by Crippen LogP contribution is 2.17. The van der Waals surface area contributed by atoms with E-state index in [1.807, 2.05) is 0 Å². The van der Waals surface area contributed by atoms with Crippen LogP contribution in [0, 0.1) is 23.3 Å². The number of halogens is 4. The minimum absolute atomic E-state index is 0.0319. The largest absolute Gasteiger partial charge is 0.388 e. The highest BCUT2D eigenvalue weighted by molar-refractivity contribution is 5.94. The molecule has 0 aliphatic rings. The number of aliphatic hydroxyl groups is 1. The molecule has 0 spiro atoms. The van der Waals surface area contributed by atoms with Crippen LogP contribution in [0.4, 0.5) is 17.6 Å². The smallest absolute Gasteiger partial charge is 0.254 e. The van der Waals surface area contributed by atoms with Crippen molar-refractivity contribution in [3.63, 3.8) is 0 Å². The van der Waals surface area contributed by atoms with Gasteiger partial charge >= 0.3 is 0 Å². The Morgan fingerprint density at radius 1 is 1.00 bits per heavy atom. The topological polar surface area (TPSA) is 49.3 Å². The first-order valence-electron chi connectivity index (χ1n) is 6.75. The van der Waals surface area contributed by atoms with E-state index in [0.717, 1.165) is 6.07 Å². The summed E-state index contributed by atoms with van der Waals surface area (Å²) in [6, 6.07) is 6.66. The standard InChI is InChI=1S/C16H13F4NO2/c17-10-3-1-9(2-4-10)13(22)7-8-21-16(23)11-5-6-12(18)15(20)14(11)19/h1-6,13,22H,7-8H2,(H,21,23). The van der Waals surface area contributed by atoms with Gasteiger partial charge in [-0.15, -0.1) is 0 Å². The van der Waals surface area contributed by atoms with Gasteiger partial charge in [0.25, 0.3) is 5.91 Å². The lowest BCUT2D eigenvalue weighted by atomic mass is 10.1. The maximum atomic E-state index is 13.4. The molecule has 0 saturated carbocycles. The summed E-state index contributed by atoms with van der Waals surface area (Å²) >= 11 is 0. The van der Waals surface area contributed by atoms with E-state index in [-0.39, 0.29) is 13.0 Å². The summed E-state index contributed by atoms with van der Waals surface area (Å²) in [5, 5.41) is 12.2.